The van der Waals surface area contributed by atoms with Crippen molar-refractivity contribution in [1.82, 2.24) is 25.5 Å². The zero-order valence-electron chi connectivity index (χ0n) is 13.0. The van der Waals surface area contributed by atoms with Gasteiger partial charge in [-0.2, -0.15) is 4.68 Å². The quantitative estimate of drug-likeness (QED) is 0.927. The standard InChI is InChI=1S/C15H18FN5O2/c1-15(2)8-11(5-6-23-15)18-14(22)12-7-10(16)3-4-13(12)21-9-17-19-20-21/h3-4,7,9,11H,5-6,8H2,1-2H3,(H,18,22)/t11-/m1/s1. The lowest BCUT2D eigenvalue weighted by molar-refractivity contribution is -0.0615. The summed E-state index contributed by atoms with van der Waals surface area (Å²) in [5.41, 5.74) is 0.346. The van der Waals surface area contributed by atoms with Gasteiger partial charge in [0.1, 0.15) is 12.1 Å². The molecule has 1 saturated heterocycles. The van der Waals surface area contributed by atoms with E-state index in [0.717, 1.165) is 6.42 Å². The number of hydrogen-bond donors (Lipinski definition) is 1. The van der Waals surface area contributed by atoms with Crippen molar-refractivity contribution < 1.29 is 13.9 Å². The van der Waals surface area contributed by atoms with Crippen molar-refractivity contribution in [2.45, 2.75) is 38.3 Å². The van der Waals surface area contributed by atoms with Crippen molar-refractivity contribution in [2.75, 3.05) is 6.61 Å². The number of hydrogen-bond acceptors (Lipinski definition) is 5. The maximum Gasteiger partial charge on any atom is 0.253 e. The molecule has 7 nitrogen and oxygen atoms in total. The Morgan fingerprint density at radius 1 is 1.48 bits per heavy atom. The summed E-state index contributed by atoms with van der Waals surface area (Å²) >= 11 is 0. The number of aromatic nitrogens is 4. The van der Waals surface area contributed by atoms with Crippen LogP contribution in [0.1, 0.15) is 37.0 Å². The predicted octanol–water partition coefficient (Wildman–Crippen LogP) is 1.49. The summed E-state index contributed by atoms with van der Waals surface area (Å²) in [6.45, 7) is 4.56. The lowest BCUT2D eigenvalue weighted by atomic mass is 9.93. The molecule has 1 aromatic carbocycles. The Morgan fingerprint density at radius 2 is 2.30 bits per heavy atom. The second kappa shape index (κ2) is 6.04. The molecular weight excluding hydrogens is 301 g/mol. The van der Waals surface area contributed by atoms with Crippen LogP contribution in [0, 0.1) is 5.82 Å². The van der Waals surface area contributed by atoms with E-state index in [-0.39, 0.29) is 23.1 Å². The van der Waals surface area contributed by atoms with E-state index in [1.807, 2.05) is 13.8 Å². The van der Waals surface area contributed by atoms with Crippen molar-refractivity contribution >= 4 is 5.91 Å². The molecule has 1 fully saturated rings. The van der Waals surface area contributed by atoms with E-state index in [1.165, 1.54) is 29.2 Å². The van der Waals surface area contributed by atoms with Crippen molar-refractivity contribution in [2.24, 2.45) is 0 Å². The Hall–Kier alpha value is -2.35. The highest BCUT2D eigenvalue weighted by atomic mass is 19.1. The number of nitrogens with zero attached hydrogens (tertiary/aromatic N) is 4. The highest BCUT2D eigenvalue weighted by Crippen LogP contribution is 2.24. The lowest BCUT2D eigenvalue weighted by Crippen LogP contribution is -2.46. The minimum atomic E-state index is -0.487. The lowest BCUT2D eigenvalue weighted by Gasteiger charge is -2.35. The van der Waals surface area contributed by atoms with Crippen LogP contribution in [0.3, 0.4) is 0 Å². The first-order chi connectivity index (χ1) is 10.9. The first-order valence-electron chi connectivity index (χ1n) is 7.42. The normalized spacial score (nSPS) is 20.2. The summed E-state index contributed by atoms with van der Waals surface area (Å²) in [6, 6.07) is 3.92. The molecule has 2 heterocycles. The number of nitrogens with one attached hydrogen (secondary N) is 1. The first kappa shape index (κ1) is 15.5. The van der Waals surface area contributed by atoms with Crippen LogP contribution < -0.4 is 5.32 Å². The van der Waals surface area contributed by atoms with Crippen molar-refractivity contribution in [1.29, 1.82) is 0 Å². The van der Waals surface area contributed by atoms with E-state index in [9.17, 15) is 9.18 Å². The molecule has 23 heavy (non-hydrogen) atoms. The minimum absolute atomic E-state index is 0.0174. The van der Waals surface area contributed by atoms with Gasteiger partial charge in [0.15, 0.2) is 0 Å². The minimum Gasteiger partial charge on any atom is -0.375 e. The molecule has 1 aromatic heterocycles. The third-order valence-corrected chi connectivity index (χ3v) is 3.83. The highest BCUT2D eigenvalue weighted by molar-refractivity contribution is 5.97. The first-order valence-corrected chi connectivity index (χ1v) is 7.42. The molecule has 1 amide bonds. The topological polar surface area (TPSA) is 81.9 Å². The van der Waals surface area contributed by atoms with Crippen molar-refractivity contribution in [3.63, 3.8) is 0 Å². The highest BCUT2D eigenvalue weighted by Gasteiger charge is 2.30. The number of carbonyl (C=O) groups is 1. The molecule has 0 spiro atoms. The predicted molar refractivity (Wildman–Crippen MR) is 79.6 cm³/mol. The molecule has 1 aliphatic rings. The van der Waals surface area contributed by atoms with E-state index in [4.69, 9.17) is 4.74 Å². The van der Waals surface area contributed by atoms with Crippen LogP contribution in [-0.2, 0) is 4.74 Å². The zero-order valence-corrected chi connectivity index (χ0v) is 13.0. The van der Waals surface area contributed by atoms with Crippen molar-refractivity contribution in [3.8, 4) is 5.69 Å². The smallest absolute Gasteiger partial charge is 0.253 e. The van der Waals surface area contributed by atoms with Gasteiger partial charge in [-0.25, -0.2) is 4.39 Å². The van der Waals surface area contributed by atoms with Gasteiger partial charge in [0.25, 0.3) is 5.91 Å². The summed E-state index contributed by atoms with van der Waals surface area (Å²) in [5.74, 6) is -0.836. The van der Waals surface area contributed by atoms with Crippen LogP contribution in [0.5, 0.6) is 0 Å². The maximum atomic E-state index is 13.6. The molecule has 122 valence electrons. The van der Waals surface area contributed by atoms with Crippen LogP contribution in [-0.4, -0.2) is 44.4 Å². The molecule has 3 rings (SSSR count). The number of ether oxygens (including phenoxy) is 1. The number of halogens is 1. The molecule has 0 saturated carbocycles. The molecule has 0 bridgehead atoms. The fourth-order valence-electron chi connectivity index (χ4n) is 2.78. The molecule has 2 aromatic rings. The second-order valence-corrected chi connectivity index (χ2v) is 6.19. The van der Waals surface area contributed by atoms with Crippen LogP contribution in [0.15, 0.2) is 24.5 Å². The average Bonchev–Trinajstić information content (AvgIpc) is 3.00. The van der Waals surface area contributed by atoms with Gasteiger partial charge in [0, 0.05) is 12.6 Å². The van der Waals surface area contributed by atoms with Crippen LogP contribution >= 0.6 is 0 Å². The van der Waals surface area contributed by atoms with Gasteiger partial charge in [-0.3, -0.25) is 4.79 Å². The van der Waals surface area contributed by atoms with Crippen molar-refractivity contribution in [3.05, 3.63) is 35.9 Å². The summed E-state index contributed by atoms with van der Waals surface area (Å²) in [5, 5.41) is 13.8. The number of benzene rings is 1. The van der Waals surface area contributed by atoms with E-state index in [0.29, 0.717) is 18.7 Å². The van der Waals surface area contributed by atoms with Gasteiger partial charge >= 0.3 is 0 Å². The Morgan fingerprint density at radius 3 is 3.00 bits per heavy atom. The third kappa shape index (κ3) is 3.53. The van der Waals surface area contributed by atoms with Gasteiger partial charge < -0.3 is 10.1 Å². The summed E-state index contributed by atoms with van der Waals surface area (Å²) < 4.78 is 20.6. The van der Waals surface area contributed by atoms with Crippen LogP contribution in [0.2, 0.25) is 0 Å². The zero-order chi connectivity index (χ0) is 16.4. The molecular formula is C15H18FN5O2. The monoisotopic (exact) mass is 319 g/mol. The fourth-order valence-corrected chi connectivity index (χ4v) is 2.78. The van der Waals surface area contributed by atoms with Gasteiger partial charge in [0.2, 0.25) is 0 Å². The number of amides is 1. The van der Waals surface area contributed by atoms with Gasteiger partial charge in [-0.15, -0.1) is 5.10 Å². The largest absolute Gasteiger partial charge is 0.375 e. The van der Waals surface area contributed by atoms with E-state index >= 15 is 0 Å². The SMILES string of the molecule is CC1(C)C[C@H](NC(=O)c2cc(F)ccc2-n2cnnn2)CCO1. The molecule has 1 atom stereocenters. The van der Waals surface area contributed by atoms with Gasteiger partial charge in [-0.05, 0) is 55.3 Å². The Bertz CT molecular complexity index is 702. The number of rotatable bonds is 3. The maximum absolute atomic E-state index is 13.6. The molecule has 8 heteroatoms. The molecule has 1 N–H and O–H groups in total. The summed E-state index contributed by atoms with van der Waals surface area (Å²) in [4.78, 5) is 12.6. The van der Waals surface area contributed by atoms with Gasteiger partial charge in [-0.1, -0.05) is 0 Å². The number of carbonyl (C=O) groups excluding carboxylic acids is 1. The number of tetrazole rings is 1. The third-order valence-electron chi connectivity index (χ3n) is 3.83. The Labute approximate surface area is 132 Å². The summed E-state index contributed by atoms with van der Waals surface area (Å²) in [6.07, 6.45) is 2.79. The summed E-state index contributed by atoms with van der Waals surface area (Å²) in [7, 11) is 0. The average molecular weight is 319 g/mol. The molecule has 1 aliphatic heterocycles. The molecule has 0 aliphatic carbocycles. The Balaban J connectivity index is 1.83. The van der Waals surface area contributed by atoms with E-state index in [1.54, 1.807) is 0 Å². The van der Waals surface area contributed by atoms with E-state index < -0.39 is 5.82 Å². The molecule has 0 unspecified atom stereocenters. The second-order valence-electron chi connectivity index (χ2n) is 6.19. The molecule has 0 radical (unpaired) electrons. The fraction of sp³-hybridized carbons (Fsp3) is 0.467. The van der Waals surface area contributed by atoms with E-state index in [2.05, 4.69) is 20.8 Å². The Kier molecular flexibility index (Phi) is 4.08. The van der Waals surface area contributed by atoms with Crippen LogP contribution in [0.4, 0.5) is 4.39 Å². The van der Waals surface area contributed by atoms with Crippen LogP contribution in [0.25, 0.3) is 5.69 Å². The van der Waals surface area contributed by atoms with Gasteiger partial charge in [0.05, 0.1) is 16.9 Å².